The highest BCUT2D eigenvalue weighted by molar-refractivity contribution is 9.10. The Bertz CT molecular complexity index is 306. The Hall–Kier alpha value is -0.640. The SMILES string of the molecule is N#Cc1c(Br)nsc1NCCO. The highest BCUT2D eigenvalue weighted by atomic mass is 79.9. The van der Waals surface area contributed by atoms with E-state index in [9.17, 15) is 0 Å². The van der Waals surface area contributed by atoms with E-state index in [1.54, 1.807) is 0 Å². The summed E-state index contributed by atoms with van der Waals surface area (Å²) < 4.78 is 4.48. The van der Waals surface area contributed by atoms with Crippen LogP contribution in [-0.4, -0.2) is 22.6 Å². The molecule has 0 atom stereocenters. The van der Waals surface area contributed by atoms with E-state index in [1.165, 1.54) is 11.5 Å². The molecule has 0 saturated heterocycles. The number of rotatable bonds is 3. The van der Waals surface area contributed by atoms with Gasteiger partial charge in [0.15, 0.2) is 0 Å². The molecular formula is C6H6BrN3OS. The van der Waals surface area contributed by atoms with Crippen LogP contribution >= 0.6 is 27.5 Å². The number of aliphatic hydroxyl groups is 1. The molecule has 0 amide bonds. The zero-order chi connectivity index (χ0) is 8.97. The number of hydrogen-bond donors (Lipinski definition) is 2. The van der Waals surface area contributed by atoms with Crippen LogP contribution in [-0.2, 0) is 0 Å². The monoisotopic (exact) mass is 247 g/mol. The lowest BCUT2D eigenvalue weighted by molar-refractivity contribution is 0.311. The van der Waals surface area contributed by atoms with Gasteiger partial charge in [0, 0.05) is 6.54 Å². The maximum Gasteiger partial charge on any atom is 0.139 e. The predicted molar refractivity (Wildman–Crippen MR) is 50.1 cm³/mol. The fourth-order valence-corrected chi connectivity index (χ4v) is 1.96. The smallest absolute Gasteiger partial charge is 0.139 e. The van der Waals surface area contributed by atoms with Gasteiger partial charge in [-0.15, -0.1) is 0 Å². The van der Waals surface area contributed by atoms with Crippen LogP contribution in [0, 0.1) is 11.3 Å². The first-order chi connectivity index (χ1) is 5.79. The van der Waals surface area contributed by atoms with Crippen molar-refractivity contribution in [1.82, 2.24) is 4.37 Å². The molecular weight excluding hydrogens is 242 g/mol. The molecule has 2 N–H and O–H groups in total. The molecule has 64 valence electrons. The van der Waals surface area contributed by atoms with Crippen LogP contribution in [0.4, 0.5) is 5.00 Å². The number of halogens is 1. The first-order valence-electron chi connectivity index (χ1n) is 3.19. The first kappa shape index (κ1) is 9.45. The number of hydrogen-bond acceptors (Lipinski definition) is 5. The van der Waals surface area contributed by atoms with Crippen molar-refractivity contribution in [2.45, 2.75) is 0 Å². The molecule has 6 heteroatoms. The second-order valence-electron chi connectivity index (χ2n) is 1.94. The van der Waals surface area contributed by atoms with E-state index >= 15 is 0 Å². The molecule has 0 bridgehead atoms. The molecule has 1 heterocycles. The van der Waals surface area contributed by atoms with Gasteiger partial charge < -0.3 is 10.4 Å². The summed E-state index contributed by atoms with van der Waals surface area (Å²) >= 11 is 4.34. The molecule has 1 rings (SSSR count). The molecule has 0 aromatic carbocycles. The molecule has 1 aromatic rings. The van der Waals surface area contributed by atoms with Crippen LogP contribution in [0.2, 0.25) is 0 Å². The molecule has 0 aliphatic heterocycles. The van der Waals surface area contributed by atoms with Crippen molar-refractivity contribution < 1.29 is 5.11 Å². The third-order valence-corrected chi connectivity index (χ3v) is 2.77. The van der Waals surface area contributed by atoms with Crippen LogP contribution < -0.4 is 5.32 Å². The molecule has 4 nitrogen and oxygen atoms in total. The lowest BCUT2D eigenvalue weighted by Crippen LogP contribution is -2.04. The number of aliphatic hydroxyl groups excluding tert-OH is 1. The predicted octanol–water partition coefficient (Wildman–Crippen LogP) is 1.18. The van der Waals surface area contributed by atoms with Gasteiger partial charge in [-0.2, -0.15) is 9.64 Å². The molecule has 0 saturated carbocycles. The minimum absolute atomic E-state index is 0.0421. The average Bonchev–Trinajstić information content (AvgIpc) is 2.43. The Kier molecular flexibility index (Phi) is 3.47. The second kappa shape index (κ2) is 4.40. The van der Waals surface area contributed by atoms with Crippen molar-refractivity contribution >= 4 is 32.5 Å². The number of nitriles is 1. The van der Waals surface area contributed by atoms with E-state index < -0.39 is 0 Å². The van der Waals surface area contributed by atoms with Gasteiger partial charge in [0.2, 0.25) is 0 Å². The first-order valence-corrected chi connectivity index (χ1v) is 4.76. The quantitative estimate of drug-likeness (QED) is 0.842. The standard InChI is InChI=1S/C6H6BrN3OS/c7-5-4(3-8)6(12-10-5)9-1-2-11/h9,11H,1-2H2. The molecule has 12 heavy (non-hydrogen) atoms. The van der Waals surface area contributed by atoms with E-state index in [0.717, 1.165) is 0 Å². The third-order valence-electron chi connectivity index (χ3n) is 1.16. The topological polar surface area (TPSA) is 68.9 Å². The van der Waals surface area contributed by atoms with Gasteiger partial charge in [-0.05, 0) is 27.5 Å². The van der Waals surface area contributed by atoms with E-state index in [2.05, 4.69) is 25.6 Å². The van der Waals surface area contributed by atoms with Crippen molar-refractivity contribution in [3.05, 3.63) is 10.2 Å². The summed E-state index contributed by atoms with van der Waals surface area (Å²) in [6.07, 6.45) is 0. The molecule has 0 aliphatic carbocycles. The Morgan fingerprint density at radius 1 is 1.75 bits per heavy atom. The minimum Gasteiger partial charge on any atom is -0.395 e. The summed E-state index contributed by atoms with van der Waals surface area (Å²) in [6, 6.07) is 2.01. The summed E-state index contributed by atoms with van der Waals surface area (Å²) in [7, 11) is 0. The maximum atomic E-state index is 8.67. The van der Waals surface area contributed by atoms with Crippen LogP contribution in [0.15, 0.2) is 4.60 Å². The van der Waals surface area contributed by atoms with Crippen molar-refractivity contribution in [1.29, 1.82) is 5.26 Å². The Morgan fingerprint density at radius 2 is 2.50 bits per heavy atom. The maximum absolute atomic E-state index is 8.67. The summed E-state index contributed by atoms with van der Waals surface area (Å²) in [6.45, 7) is 0.476. The zero-order valence-electron chi connectivity index (χ0n) is 6.04. The fraction of sp³-hybridized carbons (Fsp3) is 0.333. The van der Waals surface area contributed by atoms with Crippen molar-refractivity contribution in [3.8, 4) is 6.07 Å². The lowest BCUT2D eigenvalue weighted by Gasteiger charge is -1.98. The number of anilines is 1. The van der Waals surface area contributed by atoms with Crippen molar-refractivity contribution in [2.75, 3.05) is 18.5 Å². The van der Waals surface area contributed by atoms with Gasteiger partial charge in [-0.25, -0.2) is 0 Å². The highest BCUT2D eigenvalue weighted by Gasteiger charge is 2.09. The van der Waals surface area contributed by atoms with E-state index in [4.69, 9.17) is 10.4 Å². The largest absolute Gasteiger partial charge is 0.395 e. The molecule has 0 unspecified atom stereocenters. The van der Waals surface area contributed by atoms with Gasteiger partial charge in [0.1, 0.15) is 21.2 Å². The summed E-state index contributed by atoms with van der Waals surface area (Å²) in [5.74, 6) is 0. The van der Waals surface area contributed by atoms with Crippen LogP contribution in [0.3, 0.4) is 0 Å². The van der Waals surface area contributed by atoms with Gasteiger partial charge in [0.05, 0.1) is 6.61 Å². The molecule has 0 spiro atoms. The Labute approximate surface area is 82.1 Å². The summed E-state index contributed by atoms with van der Waals surface area (Å²) in [4.78, 5) is 0. The number of nitrogens with zero attached hydrogens (tertiary/aromatic N) is 2. The molecule has 1 aromatic heterocycles. The van der Waals surface area contributed by atoms with Crippen LogP contribution in [0.25, 0.3) is 0 Å². The van der Waals surface area contributed by atoms with Gasteiger partial charge in [0.25, 0.3) is 0 Å². The van der Waals surface area contributed by atoms with Crippen molar-refractivity contribution in [3.63, 3.8) is 0 Å². The highest BCUT2D eigenvalue weighted by Crippen LogP contribution is 2.27. The van der Waals surface area contributed by atoms with Gasteiger partial charge >= 0.3 is 0 Å². The summed E-state index contributed by atoms with van der Waals surface area (Å²) in [5.41, 5.74) is 0.494. The van der Waals surface area contributed by atoms with Crippen LogP contribution in [0.5, 0.6) is 0 Å². The van der Waals surface area contributed by atoms with E-state index in [-0.39, 0.29) is 6.61 Å². The Balaban J connectivity index is 2.79. The zero-order valence-corrected chi connectivity index (χ0v) is 8.44. The Morgan fingerprint density at radius 3 is 3.08 bits per heavy atom. The van der Waals surface area contributed by atoms with E-state index in [0.29, 0.717) is 21.7 Å². The van der Waals surface area contributed by atoms with Gasteiger partial charge in [-0.3, -0.25) is 0 Å². The number of nitrogens with one attached hydrogen (secondary N) is 1. The second-order valence-corrected chi connectivity index (χ2v) is 3.46. The molecule has 0 radical (unpaired) electrons. The number of aromatic nitrogens is 1. The summed E-state index contributed by atoms with van der Waals surface area (Å²) in [5, 5.41) is 20.8. The fourth-order valence-electron chi connectivity index (χ4n) is 0.658. The minimum atomic E-state index is 0.0421. The van der Waals surface area contributed by atoms with Gasteiger partial charge in [-0.1, -0.05) is 0 Å². The van der Waals surface area contributed by atoms with Crippen LogP contribution in [0.1, 0.15) is 5.56 Å². The average molecular weight is 248 g/mol. The normalized spacial score (nSPS) is 9.42. The lowest BCUT2D eigenvalue weighted by atomic mass is 10.4. The third kappa shape index (κ3) is 1.94. The molecule has 0 aliphatic rings. The van der Waals surface area contributed by atoms with Crippen molar-refractivity contribution in [2.24, 2.45) is 0 Å². The molecule has 0 fully saturated rings. The van der Waals surface area contributed by atoms with E-state index in [1.807, 2.05) is 6.07 Å².